The smallest absolute Gasteiger partial charge is 0.437 e. The molecule has 6 nitrogen and oxygen atoms in total. The fraction of sp³-hybridized carbons (Fsp3) is 0.833. The second kappa shape index (κ2) is 8.57. The highest BCUT2D eigenvalue weighted by atomic mass is 19.4. The van der Waals surface area contributed by atoms with E-state index < -0.39 is 60.1 Å². The molecule has 0 aliphatic heterocycles. The van der Waals surface area contributed by atoms with Crippen molar-refractivity contribution < 1.29 is 98.8 Å². The van der Waals surface area contributed by atoms with Gasteiger partial charge in [-0.2, -0.15) is 70.2 Å². The van der Waals surface area contributed by atoms with Crippen LogP contribution in [-0.2, 0) is 18.9 Å². The van der Waals surface area contributed by atoms with Gasteiger partial charge in [0.15, 0.2) is 0 Å². The van der Waals surface area contributed by atoms with Gasteiger partial charge in [0, 0.05) is 0 Å². The molecule has 0 N–H and O–H groups in total. The van der Waals surface area contributed by atoms with E-state index in [0.29, 0.717) is 0 Å². The van der Waals surface area contributed by atoms with Gasteiger partial charge in [0.2, 0.25) is 0 Å². The van der Waals surface area contributed by atoms with Gasteiger partial charge in [-0.3, -0.25) is 0 Å². The van der Waals surface area contributed by atoms with Crippen molar-refractivity contribution in [2.24, 2.45) is 0 Å². The Hall–Kier alpha value is -2.58. The molecule has 0 aromatic heterocycles. The molecule has 0 saturated heterocycles. The molecule has 22 heteroatoms. The van der Waals surface area contributed by atoms with Crippen molar-refractivity contribution in [3.63, 3.8) is 0 Å². The minimum atomic E-state index is -8.75. The zero-order valence-electron chi connectivity index (χ0n) is 15.5. The number of hydrogen-bond acceptors (Lipinski definition) is 6. The lowest BCUT2D eigenvalue weighted by Crippen LogP contribution is -2.75. The van der Waals surface area contributed by atoms with Crippen molar-refractivity contribution in [1.82, 2.24) is 0 Å². The van der Waals surface area contributed by atoms with Crippen LogP contribution in [0, 0.1) is 0 Å². The van der Waals surface area contributed by atoms with Crippen LogP contribution in [0.5, 0.6) is 0 Å². The molecule has 0 heterocycles. The van der Waals surface area contributed by atoms with E-state index in [4.69, 9.17) is 0 Å². The van der Waals surface area contributed by atoms with E-state index in [1.165, 1.54) is 0 Å². The lowest BCUT2D eigenvalue weighted by atomic mass is 9.90. The topological polar surface area (TPSA) is 71.1 Å². The molecule has 0 amide bonds. The first-order chi connectivity index (χ1) is 14.7. The van der Waals surface area contributed by atoms with Crippen molar-refractivity contribution in [2.75, 3.05) is 14.2 Å². The highest BCUT2D eigenvalue weighted by Crippen LogP contribution is 2.64. The van der Waals surface area contributed by atoms with E-state index in [1.54, 1.807) is 0 Å². The molecule has 0 aromatic carbocycles. The van der Waals surface area contributed by atoms with Gasteiger partial charge in [0.25, 0.3) is 0 Å². The van der Waals surface area contributed by atoms with Crippen LogP contribution in [0.3, 0.4) is 0 Å². The van der Waals surface area contributed by atoms with Crippen LogP contribution < -0.4 is 0 Å². The summed E-state index contributed by atoms with van der Waals surface area (Å²) in [4.78, 5) is 20.7. The van der Waals surface area contributed by atoms with Gasteiger partial charge in [-0.15, -0.1) is 0 Å². The first-order valence-electron chi connectivity index (χ1n) is 7.22. The molecule has 0 fully saturated rings. The van der Waals surface area contributed by atoms with Crippen molar-refractivity contribution >= 4 is 12.3 Å². The van der Waals surface area contributed by atoms with Gasteiger partial charge in [-0.25, -0.2) is 9.59 Å². The number of halogens is 16. The summed E-state index contributed by atoms with van der Waals surface area (Å²) in [6.45, 7) is 0. The maximum absolute atomic E-state index is 13.5. The van der Waals surface area contributed by atoms with Gasteiger partial charge in [0.05, 0.1) is 14.2 Å². The summed E-state index contributed by atoms with van der Waals surface area (Å²) >= 11 is 0. The van der Waals surface area contributed by atoms with E-state index in [0.717, 1.165) is 0 Å². The van der Waals surface area contributed by atoms with Gasteiger partial charge in [-0.1, -0.05) is 0 Å². The number of alkyl halides is 16. The van der Waals surface area contributed by atoms with Crippen molar-refractivity contribution in [1.29, 1.82) is 0 Å². The van der Waals surface area contributed by atoms with Crippen LogP contribution in [-0.4, -0.2) is 74.3 Å². The summed E-state index contributed by atoms with van der Waals surface area (Å²) in [5.41, 5.74) is 0. The van der Waals surface area contributed by atoms with Crippen molar-refractivity contribution in [3.05, 3.63) is 0 Å². The lowest BCUT2D eigenvalue weighted by molar-refractivity contribution is -0.478. The Morgan fingerprint density at radius 3 is 0.765 bits per heavy atom. The molecule has 0 rings (SSSR count). The van der Waals surface area contributed by atoms with Crippen LogP contribution in [0.1, 0.15) is 0 Å². The molecule has 202 valence electrons. The Bertz CT molecular complexity index is 714. The number of methoxy groups -OCH3 is 2. The minimum absolute atomic E-state index is 0.0384. The van der Waals surface area contributed by atoms with Gasteiger partial charge in [0.1, 0.15) is 0 Å². The molecule has 0 aliphatic carbocycles. The third-order valence-electron chi connectivity index (χ3n) is 3.46. The molecule has 0 unspecified atom stereocenters. The molecule has 0 spiro atoms. The largest absolute Gasteiger partial charge is 0.512 e. The average Bonchev–Trinajstić information content (AvgIpc) is 2.65. The standard InChI is InChI=1S/C12H6F16O6/c1-31-3(29)33-11(25,26)9(21,22)7(17,18)5(13,14)6(15,16)8(19,20)10(23,24)12(27,28)34-4(30)32-2/h1-2H3. The molecule has 0 radical (unpaired) electrons. The normalized spacial score (nSPS) is 15.0. The number of carbonyl (C=O) groups is 2. The van der Waals surface area contributed by atoms with Crippen LogP contribution >= 0.6 is 0 Å². The van der Waals surface area contributed by atoms with Gasteiger partial charge >= 0.3 is 60.1 Å². The quantitative estimate of drug-likeness (QED) is 0.277. The van der Waals surface area contributed by atoms with E-state index >= 15 is 0 Å². The first-order valence-corrected chi connectivity index (χ1v) is 7.22. The summed E-state index contributed by atoms with van der Waals surface area (Å²) in [7, 11) is 0.0767. The highest BCUT2D eigenvalue weighted by molar-refractivity contribution is 5.60. The predicted molar refractivity (Wildman–Crippen MR) is 66.6 cm³/mol. The first kappa shape index (κ1) is 31.4. The fourth-order valence-electron chi connectivity index (χ4n) is 1.58. The summed E-state index contributed by atoms with van der Waals surface area (Å²) < 4.78 is 224. The summed E-state index contributed by atoms with van der Waals surface area (Å²) in [6.07, 6.45) is -20.7. The molecule has 34 heavy (non-hydrogen) atoms. The van der Waals surface area contributed by atoms with Crippen LogP contribution in [0.25, 0.3) is 0 Å². The van der Waals surface area contributed by atoms with E-state index in [9.17, 15) is 79.8 Å². The fourth-order valence-corrected chi connectivity index (χ4v) is 1.58. The van der Waals surface area contributed by atoms with Crippen LogP contribution in [0.4, 0.5) is 79.8 Å². The average molecular weight is 550 g/mol. The minimum Gasteiger partial charge on any atom is -0.437 e. The second-order valence-corrected chi connectivity index (χ2v) is 5.59. The van der Waals surface area contributed by atoms with Crippen LogP contribution in [0.15, 0.2) is 0 Å². The number of hydrogen-bond donors (Lipinski definition) is 0. The Balaban J connectivity index is 6.74. The van der Waals surface area contributed by atoms with E-state index in [-0.39, 0.29) is 14.2 Å². The van der Waals surface area contributed by atoms with E-state index in [1.807, 2.05) is 0 Å². The maximum atomic E-state index is 13.5. The molecule has 0 saturated carbocycles. The summed E-state index contributed by atoms with van der Waals surface area (Å²) in [5.74, 6) is -50.8. The number of rotatable bonds is 9. The number of carbonyl (C=O) groups excluding carboxylic acids is 2. The second-order valence-electron chi connectivity index (χ2n) is 5.59. The maximum Gasteiger partial charge on any atom is 0.512 e. The van der Waals surface area contributed by atoms with Crippen molar-refractivity contribution in [3.8, 4) is 0 Å². The molecular weight excluding hydrogens is 544 g/mol. The monoisotopic (exact) mass is 550 g/mol. The number of ether oxygens (including phenoxy) is 4. The summed E-state index contributed by atoms with van der Waals surface area (Å²) in [6, 6.07) is 0. The Morgan fingerprint density at radius 2 is 0.588 bits per heavy atom. The highest BCUT2D eigenvalue weighted by Gasteiger charge is 2.96. The molecule has 0 aliphatic rings. The Morgan fingerprint density at radius 1 is 0.412 bits per heavy atom. The lowest BCUT2D eigenvalue weighted by Gasteiger charge is -2.42. The van der Waals surface area contributed by atoms with Crippen molar-refractivity contribution in [2.45, 2.75) is 47.8 Å². The predicted octanol–water partition coefficient (Wildman–Crippen LogP) is 5.55. The SMILES string of the molecule is COC(=O)OC(F)(F)C(F)(F)C(F)(F)C(F)(F)C(F)(F)C(F)(F)C(F)(F)C(F)(F)OC(=O)OC. The Labute approximate surface area is 174 Å². The molecular formula is C12H6F16O6. The zero-order valence-corrected chi connectivity index (χ0v) is 15.5. The molecule has 0 bridgehead atoms. The molecule has 0 atom stereocenters. The third-order valence-corrected chi connectivity index (χ3v) is 3.46. The van der Waals surface area contributed by atoms with Crippen LogP contribution in [0.2, 0.25) is 0 Å². The summed E-state index contributed by atoms with van der Waals surface area (Å²) in [5, 5.41) is 0. The van der Waals surface area contributed by atoms with Gasteiger partial charge < -0.3 is 18.9 Å². The molecule has 0 aromatic rings. The Kier molecular flexibility index (Phi) is 7.92. The zero-order chi connectivity index (χ0) is 28.0. The third kappa shape index (κ3) is 4.29. The van der Waals surface area contributed by atoms with E-state index in [2.05, 4.69) is 18.9 Å². The van der Waals surface area contributed by atoms with Gasteiger partial charge in [-0.05, 0) is 0 Å².